The van der Waals surface area contributed by atoms with Gasteiger partial charge in [0.25, 0.3) is 5.91 Å². The summed E-state index contributed by atoms with van der Waals surface area (Å²) in [5.74, 6) is -0.245. The minimum absolute atomic E-state index is 0.0806. The zero-order chi connectivity index (χ0) is 14.5. The number of fused-ring (bicyclic) bond motifs is 1. The number of carbonyl (C=O) groups is 1. The first-order valence-corrected chi connectivity index (χ1v) is 7.05. The molecule has 0 aliphatic rings. The summed E-state index contributed by atoms with van der Waals surface area (Å²) in [6.45, 7) is 0.153. The maximum absolute atomic E-state index is 11.9. The second kappa shape index (κ2) is 6.67. The summed E-state index contributed by atoms with van der Waals surface area (Å²) in [5, 5.41) is 12.4. The fourth-order valence-corrected chi connectivity index (χ4v) is 2.37. The minimum Gasteiger partial charge on any atom is -0.395 e. The second-order valence-electron chi connectivity index (χ2n) is 4.33. The summed E-state index contributed by atoms with van der Waals surface area (Å²) in [6, 6.07) is 5.96. The number of aliphatic hydroxyl groups excluding tert-OH is 1. The number of nitrogens with one attached hydrogen (secondary N) is 2. The Balaban J connectivity index is 2.22. The van der Waals surface area contributed by atoms with Gasteiger partial charge in [0.2, 0.25) is 0 Å². The van der Waals surface area contributed by atoms with E-state index in [1.807, 2.05) is 24.4 Å². The highest BCUT2D eigenvalue weighted by atomic mass is 79.9. The van der Waals surface area contributed by atoms with Crippen molar-refractivity contribution in [3.63, 3.8) is 0 Å². The van der Waals surface area contributed by atoms with Crippen molar-refractivity contribution >= 4 is 38.5 Å². The van der Waals surface area contributed by atoms with Crippen LogP contribution in [-0.2, 0) is 11.2 Å². The molecule has 0 aliphatic heterocycles. The number of benzene rings is 1. The topological polar surface area (TPSA) is 77.5 Å². The highest BCUT2D eigenvalue weighted by molar-refractivity contribution is 9.10. The van der Waals surface area contributed by atoms with Gasteiger partial charge in [-0.3, -0.25) is 9.79 Å². The zero-order valence-corrected chi connectivity index (χ0v) is 12.7. The fourth-order valence-electron chi connectivity index (χ4n) is 2.01. The van der Waals surface area contributed by atoms with E-state index in [0.29, 0.717) is 12.1 Å². The molecule has 0 radical (unpaired) electrons. The number of hydrogen-bond acceptors (Lipinski definition) is 3. The van der Waals surface area contributed by atoms with Gasteiger partial charge in [-0.05, 0) is 23.8 Å². The molecule has 1 aromatic heterocycles. The van der Waals surface area contributed by atoms with Crippen molar-refractivity contribution in [2.24, 2.45) is 4.99 Å². The smallest absolute Gasteiger partial charge is 0.265 e. The Morgan fingerprint density at radius 2 is 2.30 bits per heavy atom. The zero-order valence-electron chi connectivity index (χ0n) is 11.1. The van der Waals surface area contributed by atoms with Crippen LogP contribution in [0, 0.1) is 0 Å². The average molecular weight is 338 g/mol. The number of halogens is 1. The van der Waals surface area contributed by atoms with E-state index in [4.69, 9.17) is 5.11 Å². The van der Waals surface area contributed by atoms with Gasteiger partial charge in [0.1, 0.15) is 5.71 Å². The predicted molar refractivity (Wildman–Crippen MR) is 83.2 cm³/mol. The first-order valence-electron chi connectivity index (χ1n) is 6.26. The molecule has 2 aromatic rings. The van der Waals surface area contributed by atoms with Crippen molar-refractivity contribution in [2.75, 3.05) is 20.2 Å². The van der Waals surface area contributed by atoms with E-state index in [0.717, 1.165) is 20.9 Å². The van der Waals surface area contributed by atoms with Gasteiger partial charge in [-0.25, -0.2) is 0 Å². The van der Waals surface area contributed by atoms with E-state index in [-0.39, 0.29) is 19.1 Å². The first-order chi connectivity index (χ1) is 9.65. The molecule has 0 atom stereocenters. The molecule has 0 saturated heterocycles. The Labute approximate surface area is 125 Å². The molecule has 0 saturated carbocycles. The monoisotopic (exact) mass is 337 g/mol. The van der Waals surface area contributed by atoms with Crippen LogP contribution in [0.3, 0.4) is 0 Å². The number of amides is 1. The van der Waals surface area contributed by atoms with E-state index in [9.17, 15) is 4.79 Å². The van der Waals surface area contributed by atoms with Crippen molar-refractivity contribution in [1.82, 2.24) is 10.3 Å². The number of aliphatic hydroxyl groups is 1. The van der Waals surface area contributed by atoms with Gasteiger partial charge >= 0.3 is 0 Å². The summed E-state index contributed by atoms with van der Waals surface area (Å²) in [6.07, 6.45) is 2.34. The Bertz CT molecular complexity index is 649. The van der Waals surface area contributed by atoms with E-state index in [2.05, 4.69) is 31.2 Å². The summed E-state index contributed by atoms with van der Waals surface area (Å²) in [4.78, 5) is 19.1. The lowest BCUT2D eigenvalue weighted by atomic mass is 10.1. The van der Waals surface area contributed by atoms with Gasteiger partial charge in [0.15, 0.2) is 0 Å². The Morgan fingerprint density at radius 3 is 3.00 bits per heavy atom. The van der Waals surface area contributed by atoms with Gasteiger partial charge in [-0.2, -0.15) is 0 Å². The molecular formula is C14H16BrN3O2. The number of rotatable bonds is 5. The van der Waals surface area contributed by atoms with Gasteiger partial charge in [0, 0.05) is 41.6 Å². The third kappa shape index (κ3) is 3.26. The molecule has 0 aliphatic carbocycles. The maximum atomic E-state index is 11.9. The molecule has 0 spiro atoms. The maximum Gasteiger partial charge on any atom is 0.265 e. The Hall–Kier alpha value is -1.66. The van der Waals surface area contributed by atoms with Crippen LogP contribution in [0.25, 0.3) is 10.9 Å². The molecule has 0 bridgehead atoms. The van der Waals surface area contributed by atoms with Crippen LogP contribution in [0.5, 0.6) is 0 Å². The number of hydrogen-bond donors (Lipinski definition) is 3. The van der Waals surface area contributed by atoms with Crippen LogP contribution in [0.2, 0.25) is 0 Å². The first kappa shape index (κ1) is 14.7. The van der Waals surface area contributed by atoms with Gasteiger partial charge in [0.05, 0.1) is 6.61 Å². The lowest BCUT2D eigenvalue weighted by molar-refractivity contribution is -0.115. The molecule has 20 heavy (non-hydrogen) atoms. The van der Waals surface area contributed by atoms with Crippen LogP contribution in [0.1, 0.15) is 5.56 Å². The molecule has 6 heteroatoms. The largest absolute Gasteiger partial charge is 0.395 e. The number of aromatic nitrogens is 1. The van der Waals surface area contributed by atoms with Crippen molar-refractivity contribution in [3.8, 4) is 0 Å². The molecule has 5 nitrogen and oxygen atoms in total. The third-order valence-corrected chi connectivity index (χ3v) is 3.51. The molecule has 106 valence electrons. The van der Waals surface area contributed by atoms with Gasteiger partial charge in [-0.15, -0.1) is 0 Å². The summed E-state index contributed by atoms with van der Waals surface area (Å²) in [7, 11) is 1.60. The molecule has 0 unspecified atom stereocenters. The number of carbonyl (C=O) groups excluding carboxylic acids is 1. The van der Waals surface area contributed by atoms with Crippen LogP contribution in [0.4, 0.5) is 0 Å². The quantitative estimate of drug-likeness (QED) is 0.725. The van der Waals surface area contributed by atoms with Gasteiger partial charge < -0.3 is 15.4 Å². The van der Waals surface area contributed by atoms with Crippen LogP contribution < -0.4 is 5.32 Å². The molecule has 1 heterocycles. The summed E-state index contributed by atoms with van der Waals surface area (Å²) >= 11 is 3.45. The highest BCUT2D eigenvalue weighted by Gasteiger charge is 2.13. The molecule has 0 fully saturated rings. The fraction of sp³-hybridized carbons (Fsp3) is 0.286. The SMILES string of the molecule is C/N=C(\Cc1c[nH]c2ccc(Br)cc12)C(=O)NCCO. The predicted octanol–water partition coefficient (Wildman–Crippen LogP) is 1.65. The van der Waals surface area contributed by atoms with E-state index >= 15 is 0 Å². The van der Waals surface area contributed by atoms with Crippen molar-refractivity contribution in [3.05, 3.63) is 34.4 Å². The minimum atomic E-state index is -0.245. The molecule has 2 rings (SSSR count). The highest BCUT2D eigenvalue weighted by Crippen LogP contribution is 2.23. The lowest BCUT2D eigenvalue weighted by Gasteiger charge is -2.06. The van der Waals surface area contributed by atoms with Crippen LogP contribution in [0.15, 0.2) is 33.9 Å². The molecular weight excluding hydrogens is 322 g/mol. The lowest BCUT2D eigenvalue weighted by Crippen LogP contribution is -2.34. The number of H-pyrrole nitrogens is 1. The second-order valence-corrected chi connectivity index (χ2v) is 5.25. The van der Waals surface area contributed by atoms with E-state index in [1.165, 1.54) is 0 Å². The Morgan fingerprint density at radius 1 is 1.50 bits per heavy atom. The standard InChI is InChI=1S/C14H16BrN3O2/c1-16-13(14(20)17-4-5-19)6-9-8-18-12-3-2-10(15)7-11(9)12/h2-3,7-8,18-19H,4-6H2,1H3,(H,17,20)/b16-13+. The van der Waals surface area contributed by atoms with Crippen LogP contribution in [-0.4, -0.2) is 41.9 Å². The molecule has 1 amide bonds. The van der Waals surface area contributed by atoms with Crippen molar-refractivity contribution in [2.45, 2.75) is 6.42 Å². The van der Waals surface area contributed by atoms with E-state index < -0.39 is 0 Å². The molecule has 1 aromatic carbocycles. The normalized spacial score (nSPS) is 11.8. The summed E-state index contributed by atoms with van der Waals surface area (Å²) < 4.78 is 0.991. The van der Waals surface area contributed by atoms with Crippen molar-refractivity contribution in [1.29, 1.82) is 0 Å². The number of aliphatic imine (C=N–C) groups is 1. The number of nitrogens with zero attached hydrogens (tertiary/aromatic N) is 1. The Kier molecular flexibility index (Phi) is 4.92. The van der Waals surface area contributed by atoms with E-state index in [1.54, 1.807) is 7.05 Å². The average Bonchev–Trinajstić information content (AvgIpc) is 2.84. The van der Waals surface area contributed by atoms with Crippen LogP contribution >= 0.6 is 15.9 Å². The molecule has 3 N–H and O–H groups in total. The van der Waals surface area contributed by atoms with Gasteiger partial charge in [-0.1, -0.05) is 15.9 Å². The number of aromatic amines is 1. The summed E-state index contributed by atoms with van der Waals surface area (Å²) in [5.41, 5.74) is 2.48. The third-order valence-electron chi connectivity index (χ3n) is 3.02. The van der Waals surface area contributed by atoms with Crippen molar-refractivity contribution < 1.29 is 9.90 Å².